The second-order valence-electron chi connectivity index (χ2n) is 0.885. The Morgan fingerprint density at radius 1 is 1.12 bits per heavy atom. The first kappa shape index (κ1) is 16.4. The zero-order chi connectivity index (χ0) is 4.83. The molecule has 0 radical (unpaired) electrons. The maximum absolute atomic E-state index is 2.09. The van der Waals surface area contributed by atoms with E-state index in [9.17, 15) is 0 Å². The molecule has 0 aliphatic rings. The fourth-order valence-electron chi connectivity index (χ4n) is 0.167. The summed E-state index contributed by atoms with van der Waals surface area (Å²) in [6, 6.07) is 0. The van der Waals surface area contributed by atoms with Gasteiger partial charge >= 0.3 is 53.7 Å². The molecule has 0 aromatic rings. The van der Waals surface area contributed by atoms with Crippen molar-refractivity contribution in [2.75, 3.05) is 0 Å². The summed E-state index contributed by atoms with van der Waals surface area (Å²) in [5.41, 5.74) is 0. The van der Waals surface area contributed by atoms with E-state index in [0.29, 0.717) is 0 Å². The van der Waals surface area contributed by atoms with Crippen molar-refractivity contribution in [1.29, 1.82) is 0 Å². The molecule has 0 atom stereocenters. The van der Waals surface area contributed by atoms with Gasteiger partial charge in [0.25, 0.3) is 0 Å². The van der Waals surface area contributed by atoms with Gasteiger partial charge in [0.15, 0.2) is 0 Å². The molecule has 0 saturated heterocycles. The minimum absolute atomic E-state index is 0. The van der Waals surface area contributed by atoms with Gasteiger partial charge in [0.2, 0.25) is 0 Å². The average molecular weight is 414 g/mol. The van der Waals surface area contributed by atoms with E-state index < -0.39 is 0 Å². The molecule has 0 bridgehead atoms. The first-order valence-corrected chi connectivity index (χ1v) is 3.29. The Hall–Kier alpha value is 1.82. The van der Waals surface area contributed by atoms with Crippen LogP contribution < -0.4 is 0 Å². The van der Waals surface area contributed by atoms with Crippen LogP contribution in [0.25, 0.3) is 0 Å². The molecule has 0 heterocycles. The fourth-order valence-corrected chi connectivity index (χ4v) is 0.440. The van der Waals surface area contributed by atoms with E-state index >= 15 is 0 Å². The Morgan fingerprint density at radius 3 is 1.75 bits per heavy atom. The average Bonchev–Trinajstić information content (AvgIpc) is 1.61. The molecule has 47 valence electrons. The van der Waals surface area contributed by atoms with Crippen molar-refractivity contribution in [2.45, 2.75) is 6.92 Å². The molecule has 0 saturated carbocycles. The van der Waals surface area contributed by atoms with Gasteiger partial charge in [-0.1, -0.05) is 0 Å². The Kier molecular flexibility index (Phi) is 32.7. The van der Waals surface area contributed by atoms with Crippen LogP contribution in [0.1, 0.15) is 6.92 Å². The van der Waals surface area contributed by atoms with Crippen LogP contribution in [0.2, 0.25) is 0 Å². The van der Waals surface area contributed by atoms with Crippen molar-refractivity contribution >= 4 is 48.0 Å². The number of allylic oxidation sites excluding steroid dienone is 3. The van der Waals surface area contributed by atoms with Gasteiger partial charge in [0.1, 0.15) is 0 Å². The normalized spacial score (nSPS) is 8.50. The van der Waals surface area contributed by atoms with Gasteiger partial charge in [-0.2, -0.15) is 0 Å². The summed E-state index contributed by atoms with van der Waals surface area (Å²) in [6.07, 6.45) is 6.08. The second-order valence-corrected chi connectivity index (χ2v) is 1.70. The summed E-state index contributed by atoms with van der Waals surface area (Å²) in [7, 11) is 0. The third-order valence-corrected chi connectivity index (χ3v) is 0.873. The summed E-state index contributed by atoms with van der Waals surface area (Å²) in [5.74, 6) is 0. The van der Waals surface area contributed by atoms with Crippen LogP contribution in [0, 0.1) is 0 Å². The largest absolute Gasteiger partial charge is 0.107 e. The van der Waals surface area contributed by atoms with Crippen molar-refractivity contribution in [1.82, 2.24) is 0 Å². The Morgan fingerprint density at radius 2 is 1.62 bits per heavy atom. The van der Waals surface area contributed by atoms with E-state index in [1.54, 1.807) is 0 Å². The van der Waals surface area contributed by atoms with Crippen LogP contribution in [-0.4, -0.2) is 0 Å². The van der Waals surface area contributed by atoms with Gasteiger partial charge in [-0.05, 0) is 0 Å². The van der Waals surface area contributed by atoms with E-state index in [0.717, 1.165) is 0 Å². The molecule has 0 aromatic heterocycles. The molecule has 0 spiro atoms. The van der Waals surface area contributed by atoms with E-state index in [1.807, 2.05) is 25.2 Å². The van der Waals surface area contributed by atoms with Crippen LogP contribution >= 0.6 is 48.0 Å². The zero-order valence-corrected chi connectivity index (χ0v) is 11.7. The number of rotatable bonds is 1. The van der Waals surface area contributed by atoms with Gasteiger partial charge in [-0.25, -0.2) is 0 Å². The molecular formula is C5H9I2Zr. The minimum atomic E-state index is 0. The molecule has 0 rings (SSSR count). The number of halogens is 2. The van der Waals surface area contributed by atoms with Crippen LogP contribution in [0.3, 0.4) is 0 Å². The Bertz CT molecular complexity index is 58.8. The van der Waals surface area contributed by atoms with Gasteiger partial charge in [-0.3, -0.25) is 0 Å². The van der Waals surface area contributed by atoms with Crippen molar-refractivity contribution in [2.24, 2.45) is 0 Å². The van der Waals surface area contributed by atoms with Crippen molar-refractivity contribution < 1.29 is 24.7 Å². The van der Waals surface area contributed by atoms with E-state index in [1.165, 1.54) is 24.7 Å². The molecule has 0 amide bonds. The molecular weight excluding hydrogens is 405 g/mol. The molecule has 0 aliphatic heterocycles. The molecule has 0 fully saturated rings. The van der Waals surface area contributed by atoms with E-state index in [2.05, 4.69) is 3.78 Å². The minimum Gasteiger partial charge on any atom is -0.107 e. The van der Waals surface area contributed by atoms with Crippen LogP contribution in [0.5, 0.6) is 0 Å². The summed E-state index contributed by atoms with van der Waals surface area (Å²) in [4.78, 5) is 0. The predicted molar refractivity (Wildman–Crippen MR) is 54.8 cm³/mol. The number of hydrogen-bond donors (Lipinski definition) is 0. The summed E-state index contributed by atoms with van der Waals surface area (Å²) in [6.45, 7) is 2.01. The smallest absolute Gasteiger partial charge is 0.107 e. The van der Waals surface area contributed by atoms with Gasteiger partial charge < -0.3 is 0 Å². The molecule has 0 nitrogen and oxygen atoms in total. The quantitative estimate of drug-likeness (QED) is 0.458. The Balaban J connectivity index is -0.000000125. The fraction of sp³-hybridized carbons (Fsp3) is 0.200. The van der Waals surface area contributed by atoms with Crippen molar-refractivity contribution in [3.05, 3.63) is 22.0 Å². The summed E-state index contributed by atoms with van der Waals surface area (Å²) in [5, 5.41) is 0. The molecule has 0 aliphatic carbocycles. The monoisotopic (exact) mass is 413 g/mol. The van der Waals surface area contributed by atoms with Gasteiger partial charge in [0.05, 0.1) is 0 Å². The van der Waals surface area contributed by atoms with E-state index in [4.69, 9.17) is 0 Å². The first-order valence-electron chi connectivity index (χ1n) is 1.87. The maximum Gasteiger partial charge on any atom is -0.107 e. The van der Waals surface area contributed by atoms with Crippen LogP contribution in [0.4, 0.5) is 0 Å². The number of hydrogen-bond acceptors (Lipinski definition) is 0. The zero-order valence-electron chi connectivity index (χ0n) is 4.63. The van der Waals surface area contributed by atoms with Crippen LogP contribution in [-0.2, 0) is 24.7 Å². The molecule has 0 aromatic carbocycles. The van der Waals surface area contributed by atoms with Crippen LogP contribution in [0.15, 0.2) is 22.0 Å². The topological polar surface area (TPSA) is 0 Å². The first-order chi connectivity index (χ1) is 2.91. The standard InChI is InChI=1S/C5H7.2HI.Zr/c1-3-5-4-2;;;/h1,3-5H,2H3;2*1H;. The summed E-state index contributed by atoms with van der Waals surface area (Å²) < 4.78 is 2.09. The maximum atomic E-state index is 2.09. The molecule has 0 N–H and O–H groups in total. The third kappa shape index (κ3) is 15.7. The van der Waals surface area contributed by atoms with Crippen molar-refractivity contribution in [3.8, 4) is 0 Å². The van der Waals surface area contributed by atoms with Gasteiger partial charge in [-0.15, -0.1) is 48.0 Å². The molecule has 3 heteroatoms. The van der Waals surface area contributed by atoms with Gasteiger partial charge in [0, 0.05) is 0 Å². The SMILES string of the molecule is CC=CC=[CH][Zr].I.I. The molecule has 8 heavy (non-hydrogen) atoms. The molecule has 0 unspecified atom stereocenters. The van der Waals surface area contributed by atoms with Crippen molar-refractivity contribution in [3.63, 3.8) is 0 Å². The summed E-state index contributed by atoms with van der Waals surface area (Å²) >= 11 is 1.46. The van der Waals surface area contributed by atoms with E-state index in [-0.39, 0.29) is 48.0 Å². The second kappa shape index (κ2) is 15.9. The predicted octanol–water partition coefficient (Wildman–Crippen LogP) is 2.86. The third-order valence-electron chi connectivity index (χ3n) is 0.400. The Labute approximate surface area is 100 Å².